The van der Waals surface area contributed by atoms with Gasteiger partial charge in [0, 0.05) is 62.4 Å². The number of rotatable bonds is 9. The number of benzene rings is 2. The fourth-order valence-corrected chi connectivity index (χ4v) is 6.41. The van der Waals surface area contributed by atoms with Gasteiger partial charge in [0.2, 0.25) is 5.91 Å². The lowest BCUT2D eigenvalue weighted by Gasteiger charge is -2.49. The van der Waals surface area contributed by atoms with Gasteiger partial charge in [-0.15, -0.1) is 13.2 Å². The number of hydrogen-bond donors (Lipinski definition) is 2. The Morgan fingerprint density at radius 2 is 1.69 bits per heavy atom. The molecule has 2 N–H and O–H groups in total. The van der Waals surface area contributed by atoms with E-state index < -0.39 is 23.9 Å². The number of likely N-dealkylation sites (N-methyl/N-ethyl adjacent to an activating group) is 1. The molecule has 2 aromatic carbocycles. The van der Waals surface area contributed by atoms with Crippen molar-refractivity contribution >= 4 is 23.5 Å². The number of morpholine rings is 1. The Labute approximate surface area is 292 Å². The van der Waals surface area contributed by atoms with Gasteiger partial charge < -0.3 is 15.4 Å². The van der Waals surface area contributed by atoms with Crippen molar-refractivity contribution in [3.63, 3.8) is 0 Å². The van der Waals surface area contributed by atoms with Gasteiger partial charge in [-0.1, -0.05) is 55.1 Å². The Balaban J connectivity index is 0.000000187. The lowest BCUT2D eigenvalue weighted by molar-refractivity contribution is -0.212. The van der Waals surface area contributed by atoms with Gasteiger partial charge in [-0.25, -0.2) is 4.68 Å². The van der Waals surface area contributed by atoms with Gasteiger partial charge >= 0.3 is 6.30 Å². The van der Waals surface area contributed by atoms with Crippen molar-refractivity contribution in [2.75, 3.05) is 24.5 Å². The molecule has 3 amide bonds. The van der Waals surface area contributed by atoms with Crippen LogP contribution in [0.3, 0.4) is 0 Å². The van der Waals surface area contributed by atoms with Gasteiger partial charge in [0.05, 0.1) is 24.1 Å². The van der Waals surface area contributed by atoms with Crippen molar-refractivity contribution in [1.82, 2.24) is 35.1 Å². The van der Waals surface area contributed by atoms with Crippen LogP contribution in [0.5, 0.6) is 0 Å². The van der Waals surface area contributed by atoms with E-state index in [0.717, 1.165) is 42.4 Å². The quantitative estimate of drug-likeness (QED) is 0.253. The van der Waals surface area contributed by atoms with Gasteiger partial charge in [0.15, 0.2) is 0 Å². The predicted molar refractivity (Wildman–Crippen MR) is 182 cm³/mol. The van der Waals surface area contributed by atoms with E-state index in [9.17, 15) is 27.6 Å². The van der Waals surface area contributed by atoms with E-state index in [1.54, 1.807) is 17.8 Å². The molecule has 4 atom stereocenters. The fraction of sp³-hybridized carbons (Fsp3) is 0.361. The summed E-state index contributed by atoms with van der Waals surface area (Å²) in [5.74, 6) is -0.676. The third kappa shape index (κ3) is 7.89. The second-order valence-electron chi connectivity index (χ2n) is 12.6. The van der Waals surface area contributed by atoms with Gasteiger partial charge in [-0.2, -0.15) is 14.9 Å². The first-order chi connectivity index (χ1) is 24.4. The second-order valence-corrected chi connectivity index (χ2v) is 12.6. The number of aromatic nitrogens is 4. The highest BCUT2D eigenvalue weighted by molar-refractivity contribution is 6.03. The molecular weight excluding hydrogens is 665 g/mol. The molecule has 0 aliphatic carbocycles. The minimum Gasteiger partial charge on any atom is -0.372 e. The van der Waals surface area contributed by atoms with E-state index in [4.69, 9.17) is 4.74 Å². The molecule has 268 valence electrons. The lowest BCUT2D eigenvalue weighted by Crippen LogP contribution is -2.60. The summed E-state index contributed by atoms with van der Waals surface area (Å²) < 4.78 is 45.1. The van der Waals surface area contributed by atoms with Gasteiger partial charge in [-0.3, -0.25) is 24.2 Å². The number of amides is 3. The maximum atomic E-state index is 13.0. The maximum absolute atomic E-state index is 13.0. The van der Waals surface area contributed by atoms with Crippen LogP contribution in [-0.4, -0.2) is 86.1 Å². The SMILES string of the molecule is C=C(C(=O)NCc1ccccc1)C(C)N1CC2CC(C1)O2.CCN1C(=O)C(NC(=O)c2ccn(C(F)(F)F)n2)Cc2cnn(-c3ccccc3)c21. The molecule has 3 fully saturated rings. The van der Waals surface area contributed by atoms with E-state index in [0.29, 0.717) is 42.9 Å². The average molecular weight is 705 g/mol. The van der Waals surface area contributed by atoms with Gasteiger partial charge in [0.1, 0.15) is 17.6 Å². The third-order valence-electron chi connectivity index (χ3n) is 9.19. The normalized spacial score (nSPS) is 20.3. The predicted octanol–water partition coefficient (Wildman–Crippen LogP) is 3.97. The van der Waals surface area contributed by atoms with E-state index in [-0.39, 0.29) is 29.0 Å². The van der Waals surface area contributed by atoms with Crippen molar-refractivity contribution in [1.29, 1.82) is 0 Å². The number of carbonyl (C=O) groups excluding carboxylic acids is 3. The molecule has 6 heterocycles. The van der Waals surface area contributed by atoms with Crippen molar-refractivity contribution in [2.24, 2.45) is 0 Å². The van der Waals surface area contributed by atoms with Crippen molar-refractivity contribution in [3.8, 4) is 5.69 Å². The Hall–Kier alpha value is -5.28. The summed E-state index contributed by atoms with van der Waals surface area (Å²) >= 11 is 0. The standard InChI is InChI=1S/C19H17F3N6O2.C17H22N2O2/c1-2-26-17-12(11-23-28(17)13-6-4-3-5-7-13)10-15(18(26)30)24-16(29)14-8-9-27(25-14)19(20,21)22;1-12(13(2)19-10-15-8-16(11-19)21-15)17(20)18-9-14-6-4-3-5-7-14/h3-9,11,15H,2,10H2,1H3,(H,24,29);3-7,13,15-16H,1,8-11H2,2H3,(H,18,20). The minimum absolute atomic E-state index is 0.0634. The summed E-state index contributed by atoms with van der Waals surface area (Å²) in [6.07, 6.45) is -0.414. The average Bonchev–Trinajstić information content (AvgIpc) is 3.80. The number of halogens is 3. The van der Waals surface area contributed by atoms with Crippen LogP contribution < -0.4 is 15.5 Å². The Morgan fingerprint density at radius 1 is 1.04 bits per heavy atom. The fourth-order valence-electron chi connectivity index (χ4n) is 6.41. The first-order valence-electron chi connectivity index (χ1n) is 16.7. The van der Waals surface area contributed by atoms with E-state index in [1.165, 1.54) is 4.90 Å². The van der Waals surface area contributed by atoms with E-state index in [2.05, 4.69) is 39.2 Å². The number of piperidine rings is 1. The maximum Gasteiger partial charge on any atom is 0.504 e. The number of carbonyl (C=O) groups is 3. The number of para-hydroxylation sites is 1. The molecule has 3 saturated heterocycles. The van der Waals surface area contributed by atoms with Crippen LogP contribution in [0.4, 0.5) is 19.0 Å². The highest BCUT2D eigenvalue weighted by Gasteiger charge is 2.41. The molecule has 8 rings (SSSR count). The van der Waals surface area contributed by atoms with Crippen LogP contribution in [0.1, 0.15) is 41.9 Å². The summed E-state index contributed by atoms with van der Waals surface area (Å²) in [5.41, 5.74) is 2.83. The molecule has 4 unspecified atom stereocenters. The van der Waals surface area contributed by atoms with Crippen molar-refractivity contribution in [2.45, 2.75) is 63.8 Å². The summed E-state index contributed by atoms with van der Waals surface area (Å²) in [6, 6.07) is 19.3. The van der Waals surface area contributed by atoms with Crippen LogP contribution in [0.2, 0.25) is 0 Å². The number of fused-ring (bicyclic) bond motifs is 3. The first kappa shape index (κ1) is 35.5. The molecule has 4 aromatic rings. The lowest BCUT2D eigenvalue weighted by atomic mass is 9.95. The molecule has 2 aromatic heterocycles. The van der Waals surface area contributed by atoms with Crippen LogP contribution in [0.15, 0.2) is 91.3 Å². The zero-order valence-corrected chi connectivity index (χ0v) is 28.2. The number of alkyl halides is 3. The monoisotopic (exact) mass is 704 g/mol. The van der Waals surface area contributed by atoms with Crippen LogP contribution in [0, 0.1) is 0 Å². The Bertz CT molecular complexity index is 1860. The molecule has 4 aliphatic heterocycles. The number of nitrogens with one attached hydrogen (secondary N) is 2. The summed E-state index contributed by atoms with van der Waals surface area (Å²) in [5, 5.41) is 13.0. The second kappa shape index (κ2) is 14.9. The third-order valence-corrected chi connectivity index (χ3v) is 9.19. The van der Waals surface area contributed by atoms with E-state index >= 15 is 0 Å². The first-order valence-corrected chi connectivity index (χ1v) is 16.7. The molecule has 0 spiro atoms. The van der Waals surface area contributed by atoms with Crippen molar-refractivity contribution < 1.29 is 32.3 Å². The number of hydrogen-bond acceptors (Lipinski definition) is 7. The zero-order valence-electron chi connectivity index (χ0n) is 28.2. The summed E-state index contributed by atoms with van der Waals surface area (Å²) in [7, 11) is 0. The van der Waals surface area contributed by atoms with Crippen molar-refractivity contribution in [3.05, 3.63) is 108 Å². The Morgan fingerprint density at radius 3 is 2.29 bits per heavy atom. The largest absolute Gasteiger partial charge is 0.504 e. The van der Waals surface area contributed by atoms with E-state index in [1.807, 2.05) is 60.7 Å². The van der Waals surface area contributed by atoms with Crippen LogP contribution in [0.25, 0.3) is 5.69 Å². The smallest absolute Gasteiger partial charge is 0.372 e. The highest BCUT2D eigenvalue weighted by atomic mass is 19.4. The molecule has 51 heavy (non-hydrogen) atoms. The molecular formula is C36H39F3N8O4. The van der Waals surface area contributed by atoms with Crippen LogP contribution in [-0.2, 0) is 33.6 Å². The minimum atomic E-state index is -4.72. The topological polar surface area (TPSA) is 127 Å². The molecule has 4 aliphatic rings. The van der Waals surface area contributed by atoms with Crippen LogP contribution >= 0.6 is 0 Å². The van der Waals surface area contributed by atoms with Gasteiger partial charge in [0.25, 0.3) is 11.8 Å². The number of ether oxygens (including phenoxy) is 1. The van der Waals surface area contributed by atoms with Gasteiger partial charge in [-0.05, 0) is 37.6 Å². The molecule has 15 heteroatoms. The highest BCUT2D eigenvalue weighted by Crippen LogP contribution is 2.31. The summed E-state index contributed by atoms with van der Waals surface area (Å²) in [4.78, 5) is 41.4. The zero-order chi connectivity index (χ0) is 36.3. The Kier molecular flexibility index (Phi) is 10.4. The molecule has 2 bridgehead atoms. The number of nitrogens with zero attached hydrogens (tertiary/aromatic N) is 6. The summed E-state index contributed by atoms with van der Waals surface area (Å²) in [6.45, 7) is 10.5. The molecule has 12 nitrogen and oxygen atoms in total. The molecule has 0 radical (unpaired) electrons. The molecule has 0 saturated carbocycles. The number of anilines is 1.